The van der Waals surface area contributed by atoms with Crippen LogP contribution in [0.25, 0.3) is 5.57 Å². The number of benzene rings is 2. The molecule has 0 N–H and O–H groups in total. The van der Waals surface area contributed by atoms with E-state index in [-0.39, 0.29) is 18.4 Å². The highest BCUT2D eigenvalue weighted by Gasteiger charge is 2.25. The second-order valence-corrected chi connectivity index (χ2v) is 4.87. The van der Waals surface area contributed by atoms with Crippen LogP contribution in [0.1, 0.15) is 26.3 Å². The molecule has 2 aromatic carbocycles. The summed E-state index contributed by atoms with van der Waals surface area (Å²) in [5.74, 6) is 0.354. The molecule has 22 heavy (non-hydrogen) atoms. The van der Waals surface area contributed by atoms with Gasteiger partial charge in [0.1, 0.15) is 5.75 Å². The van der Waals surface area contributed by atoms with Crippen molar-refractivity contribution in [2.75, 3.05) is 13.9 Å². The highest BCUT2D eigenvalue weighted by molar-refractivity contribution is 6.38. The minimum absolute atomic E-state index is 0.138. The zero-order valence-corrected chi connectivity index (χ0v) is 12.0. The van der Waals surface area contributed by atoms with Gasteiger partial charge in [-0.2, -0.15) is 0 Å². The highest BCUT2D eigenvalue weighted by Crippen LogP contribution is 2.28. The third kappa shape index (κ3) is 2.56. The molecule has 4 nitrogen and oxygen atoms in total. The van der Waals surface area contributed by atoms with Gasteiger partial charge in [-0.25, -0.2) is 0 Å². The van der Waals surface area contributed by atoms with E-state index < -0.39 is 0 Å². The van der Waals surface area contributed by atoms with E-state index in [1.165, 1.54) is 6.08 Å². The lowest BCUT2D eigenvalue weighted by atomic mass is 9.86. The van der Waals surface area contributed by atoms with Crippen LogP contribution in [0.5, 0.6) is 5.75 Å². The van der Waals surface area contributed by atoms with Gasteiger partial charge in [0, 0.05) is 23.8 Å². The molecule has 0 fully saturated rings. The second kappa shape index (κ2) is 5.95. The molecule has 0 saturated carbocycles. The van der Waals surface area contributed by atoms with Crippen LogP contribution < -0.4 is 4.74 Å². The molecule has 0 spiro atoms. The smallest absolute Gasteiger partial charge is 0.194 e. The monoisotopic (exact) mass is 294 g/mol. The Morgan fingerprint density at radius 3 is 2.27 bits per heavy atom. The number of hydrogen-bond acceptors (Lipinski definition) is 4. The van der Waals surface area contributed by atoms with Crippen LogP contribution in [-0.4, -0.2) is 25.5 Å². The number of ketones is 2. The Bertz CT molecular complexity index is 757. The fourth-order valence-corrected chi connectivity index (χ4v) is 2.39. The van der Waals surface area contributed by atoms with E-state index in [4.69, 9.17) is 9.47 Å². The molecular weight excluding hydrogens is 280 g/mol. The van der Waals surface area contributed by atoms with E-state index >= 15 is 0 Å². The van der Waals surface area contributed by atoms with Crippen molar-refractivity contribution in [2.45, 2.75) is 0 Å². The number of Topliss-reactive ketones (excluding diaryl/α,β-unsaturated/α-hetero) is 1. The molecule has 110 valence electrons. The Kier molecular flexibility index (Phi) is 3.85. The molecule has 1 aliphatic rings. The summed E-state index contributed by atoms with van der Waals surface area (Å²) in [6, 6.07) is 13.9. The van der Waals surface area contributed by atoms with Crippen molar-refractivity contribution >= 4 is 17.1 Å². The minimum Gasteiger partial charge on any atom is -0.468 e. The van der Waals surface area contributed by atoms with Gasteiger partial charge in [0.2, 0.25) is 0 Å². The van der Waals surface area contributed by atoms with Gasteiger partial charge in [-0.15, -0.1) is 0 Å². The fraction of sp³-hybridized carbons (Fsp3) is 0.111. The Labute approximate surface area is 128 Å². The lowest BCUT2D eigenvalue weighted by Crippen LogP contribution is -2.15. The van der Waals surface area contributed by atoms with Crippen molar-refractivity contribution < 1.29 is 19.1 Å². The molecule has 0 amide bonds. The van der Waals surface area contributed by atoms with Gasteiger partial charge in [0.15, 0.2) is 18.4 Å². The van der Waals surface area contributed by atoms with Crippen molar-refractivity contribution in [1.82, 2.24) is 0 Å². The fourth-order valence-electron chi connectivity index (χ4n) is 2.39. The topological polar surface area (TPSA) is 52.6 Å². The van der Waals surface area contributed by atoms with E-state index in [0.29, 0.717) is 28.0 Å². The van der Waals surface area contributed by atoms with Gasteiger partial charge < -0.3 is 9.47 Å². The van der Waals surface area contributed by atoms with Crippen molar-refractivity contribution in [2.24, 2.45) is 0 Å². The quantitative estimate of drug-likeness (QED) is 0.813. The zero-order valence-electron chi connectivity index (χ0n) is 12.0. The molecule has 0 aromatic heterocycles. The number of methoxy groups -OCH3 is 1. The van der Waals surface area contributed by atoms with Crippen LogP contribution in [0.4, 0.5) is 0 Å². The Hall–Kier alpha value is -2.72. The molecule has 0 radical (unpaired) electrons. The number of hydrogen-bond donors (Lipinski definition) is 0. The zero-order chi connectivity index (χ0) is 15.5. The predicted octanol–water partition coefficient (Wildman–Crippen LogP) is 3.13. The lowest BCUT2D eigenvalue weighted by molar-refractivity contribution is 0.0511. The summed E-state index contributed by atoms with van der Waals surface area (Å²) in [5.41, 5.74) is 2.00. The molecule has 0 unspecified atom stereocenters. The van der Waals surface area contributed by atoms with Crippen LogP contribution in [0.3, 0.4) is 0 Å². The average Bonchev–Trinajstić information content (AvgIpc) is 2.57. The van der Waals surface area contributed by atoms with E-state index in [1.54, 1.807) is 55.6 Å². The maximum Gasteiger partial charge on any atom is 0.194 e. The minimum atomic E-state index is -0.148. The van der Waals surface area contributed by atoms with E-state index in [2.05, 4.69) is 0 Å². The summed E-state index contributed by atoms with van der Waals surface area (Å²) in [7, 11) is 1.54. The van der Waals surface area contributed by atoms with Gasteiger partial charge in [0.05, 0.1) is 0 Å². The molecule has 0 heterocycles. The first-order chi connectivity index (χ1) is 10.7. The number of rotatable bonds is 4. The van der Waals surface area contributed by atoms with Crippen molar-refractivity contribution in [3.05, 3.63) is 71.3 Å². The summed E-state index contributed by atoms with van der Waals surface area (Å²) >= 11 is 0. The standard InChI is InChI=1S/C18H14O4/c1-21-11-22-13-8-6-12(7-9-13)16-10-17(19)14-4-2-3-5-15(14)18(16)20/h2-10H,11H2,1H3. The molecule has 0 bridgehead atoms. The molecular formula is C18H14O4. The van der Waals surface area contributed by atoms with Gasteiger partial charge in [-0.3, -0.25) is 9.59 Å². The summed E-state index contributed by atoms with van der Waals surface area (Å²) in [5, 5.41) is 0. The molecule has 2 aromatic rings. The van der Waals surface area contributed by atoms with Crippen LogP contribution in [0.15, 0.2) is 54.6 Å². The van der Waals surface area contributed by atoms with Gasteiger partial charge in [-0.1, -0.05) is 36.4 Å². The summed E-state index contributed by atoms with van der Waals surface area (Å²) in [4.78, 5) is 24.7. The molecule has 3 rings (SSSR count). The molecule has 0 atom stereocenters. The maximum atomic E-state index is 12.5. The van der Waals surface area contributed by atoms with Crippen LogP contribution in [-0.2, 0) is 4.74 Å². The highest BCUT2D eigenvalue weighted by atomic mass is 16.7. The van der Waals surface area contributed by atoms with E-state index in [1.807, 2.05) is 0 Å². The third-order valence-corrected chi connectivity index (χ3v) is 3.47. The summed E-state index contributed by atoms with van der Waals surface area (Å²) in [6.07, 6.45) is 1.40. The van der Waals surface area contributed by atoms with Gasteiger partial charge in [-0.05, 0) is 23.8 Å². The summed E-state index contributed by atoms with van der Waals surface area (Å²) < 4.78 is 10.1. The predicted molar refractivity (Wildman–Crippen MR) is 82.0 cm³/mol. The first kappa shape index (κ1) is 14.2. The Morgan fingerprint density at radius 2 is 1.59 bits per heavy atom. The normalized spacial score (nSPS) is 13.6. The number of carbonyl (C=O) groups is 2. The molecule has 0 saturated heterocycles. The number of fused-ring (bicyclic) bond motifs is 1. The van der Waals surface area contributed by atoms with Crippen LogP contribution >= 0.6 is 0 Å². The van der Waals surface area contributed by atoms with Gasteiger partial charge >= 0.3 is 0 Å². The number of ether oxygens (including phenoxy) is 2. The first-order valence-electron chi connectivity index (χ1n) is 6.82. The largest absolute Gasteiger partial charge is 0.468 e. The van der Waals surface area contributed by atoms with Crippen LogP contribution in [0, 0.1) is 0 Å². The molecule has 4 heteroatoms. The van der Waals surface area contributed by atoms with Crippen LogP contribution in [0.2, 0.25) is 0 Å². The van der Waals surface area contributed by atoms with Crippen molar-refractivity contribution in [1.29, 1.82) is 0 Å². The molecule has 0 aliphatic heterocycles. The Morgan fingerprint density at radius 1 is 0.909 bits per heavy atom. The SMILES string of the molecule is COCOc1ccc(C2=CC(=O)c3ccccc3C2=O)cc1. The van der Waals surface area contributed by atoms with Gasteiger partial charge in [0.25, 0.3) is 0 Å². The average molecular weight is 294 g/mol. The first-order valence-corrected chi connectivity index (χ1v) is 6.82. The second-order valence-electron chi connectivity index (χ2n) is 4.87. The maximum absolute atomic E-state index is 12.5. The number of carbonyl (C=O) groups excluding carboxylic acids is 2. The lowest BCUT2D eigenvalue weighted by Gasteiger charge is -2.15. The summed E-state index contributed by atoms with van der Waals surface area (Å²) in [6.45, 7) is 0.160. The molecule has 1 aliphatic carbocycles. The van der Waals surface area contributed by atoms with Crippen molar-refractivity contribution in [3.8, 4) is 5.75 Å². The Balaban J connectivity index is 1.92. The van der Waals surface area contributed by atoms with Crippen molar-refractivity contribution in [3.63, 3.8) is 0 Å². The third-order valence-electron chi connectivity index (χ3n) is 3.47. The van der Waals surface area contributed by atoms with E-state index in [9.17, 15) is 9.59 Å². The van der Waals surface area contributed by atoms with E-state index in [0.717, 1.165) is 0 Å². The number of allylic oxidation sites excluding steroid dienone is 2.